The van der Waals surface area contributed by atoms with Gasteiger partial charge >= 0.3 is 5.97 Å². The number of nitrogens with zero attached hydrogens (tertiary/aromatic N) is 4. The summed E-state index contributed by atoms with van der Waals surface area (Å²) in [5.41, 5.74) is 3.59. The molecule has 3 N–H and O–H groups in total. The molecule has 0 saturated carbocycles. The van der Waals surface area contributed by atoms with Crippen molar-refractivity contribution in [2.75, 3.05) is 6.61 Å². The molecule has 0 fully saturated rings. The molecular formula is C45H51N5O6. The van der Waals surface area contributed by atoms with Gasteiger partial charge in [0.1, 0.15) is 17.7 Å². The Labute approximate surface area is 328 Å². The molecule has 0 bridgehead atoms. The van der Waals surface area contributed by atoms with Crippen LogP contribution >= 0.6 is 0 Å². The number of aliphatic carboxylic acids is 1. The van der Waals surface area contributed by atoms with Gasteiger partial charge < -0.3 is 20.3 Å². The maximum absolute atomic E-state index is 13.8. The largest absolute Gasteiger partial charge is 0.494 e. The van der Waals surface area contributed by atoms with E-state index in [-0.39, 0.29) is 29.6 Å². The number of amides is 1. The number of unbranched alkanes of at least 4 members (excludes halogenated alkanes) is 4. The fourth-order valence-electron chi connectivity index (χ4n) is 6.19. The molecule has 56 heavy (non-hydrogen) atoms. The Balaban J connectivity index is 1.28. The quantitative estimate of drug-likeness (QED) is 0.0556. The molecule has 2 unspecified atom stereocenters. The second-order valence-corrected chi connectivity index (χ2v) is 15.0. The van der Waals surface area contributed by atoms with Gasteiger partial charge in [-0.2, -0.15) is 0 Å². The highest BCUT2D eigenvalue weighted by molar-refractivity contribution is 5.98. The summed E-state index contributed by atoms with van der Waals surface area (Å²) in [6.07, 6.45) is 10.7. The number of Topliss-reactive ketones (excluding diaryl/α,β-unsaturated/α-hetero) is 1. The van der Waals surface area contributed by atoms with E-state index in [9.17, 15) is 24.6 Å². The SMILES string of the molecule is CCCCCCCOc1ccc(-c2cnc(-c3ccc(C[C@H](CC(=O)c4cnc(C(C)(C)C)nc4)C(=O)NC(C(=O)O)C(O)c4ccccc4)cc3)nc2)cc1. The van der Waals surface area contributed by atoms with Crippen LogP contribution < -0.4 is 10.1 Å². The molecule has 0 spiro atoms. The molecule has 3 aromatic carbocycles. The van der Waals surface area contributed by atoms with E-state index in [0.717, 1.165) is 34.4 Å². The van der Waals surface area contributed by atoms with Gasteiger partial charge in [0.25, 0.3) is 0 Å². The van der Waals surface area contributed by atoms with Gasteiger partial charge in [-0.25, -0.2) is 24.7 Å². The van der Waals surface area contributed by atoms with Crippen molar-refractivity contribution in [1.29, 1.82) is 0 Å². The summed E-state index contributed by atoms with van der Waals surface area (Å²) >= 11 is 0. The van der Waals surface area contributed by atoms with Crippen molar-refractivity contribution < 1.29 is 29.3 Å². The van der Waals surface area contributed by atoms with Crippen molar-refractivity contribution in [3.8, 4) is 28.3 Å². The molecule has 0 saturated heterocycles. The number of rotatable bonds is 19. The number of aliphatic hydroxyl groups is 1. The second-order valence-electron chi connectivity index (χ2n) is 15.0. The van der Waals surface area contributed by atoms with Crippen LogP contribution in [0.3, 0.4) is 0 Å². The van der Waals surface area contributed by atoms with E-state index in [1.807, 2.05) is 69.3 Å². The molecular weight excluding hydrogens is 707 g/mol. The minimum absolute atomic E-state index is 0.116. The summed E-state index contributed by atoms with van der Waals surface area (Å²) in [6.45, 7) is 8.81. The van der Waals surface area contributed by atoms with E-state index in [4.69, 9.17) is 4.74 Å². The molecule has 11 nitrogen and oxygen atoms in total. The van der Waals surface area contributed by atoms with E-state index in [1.165, 1.54) is 38.1 Å². The van der Waals surface area contributed by atoms with Crippen LogP contribution in [-0.4, -0.2) is 60.5 Å². The number of carbonyl (C=O) groups is 3. The molecule has 292 valence electrons. The first-order valence-electron chi connectivity index (χ1n) is 19.2. The van der Waals surface area contributed by atoms with Crippen molar-refractivity contribution in [2.45, 2.75) is 90.2 Å². The molecule has 0 aliphatic heterocycles. The van der Waals surface area contributed by atoms with Gasteiger partial charge in [-0.15, -0.1) is 0 Å². The van der Waals surface area contributed by atoms with Gasteiger partial charge in [0.15, 0.2) is 17.6 Å². The van der Waals surface area contributed by atoms with Crippen LogP contribution in [-0.2, 0) is 21.4 Å². The van der Waals surface area contributed by atoms with E-state index in [2.05, 4.69) is 32.2 Å². The Bertz CT molecular complexity index is 2010. The molecule has 11 heteroatoms. The first-order valence-corrected chi connectivity index (χ1v) is 19.2. The summed E-state index contributed by atoms with van der Waals surface area (Å²) in [4.78, 5) is 57.5. The zero-order valence-electron chi connectivity index (χ0n) is 32.5. The number of ketones is 1. The number of hydrogen-bond donors (Lipinski definition) is 3. The van der Waals surface area contributed by atoms with Crippen molar-refractivity contribution in [3.63, 3.8) is 0 Å². The lowest BCUT2D eigenvalue weighted by Crippen LogP contribution is -2.47. The lowest BCUT2D eigenvalue weighted by atomic mass is 9.90. The fraction of sp³-hybridized carbons (Fsp3) is 0.356. The van der Waals surface area contributed by atoms with Crippen LogP contribution in [0.25, 0.3) is 22.5 Å². The summed E-state index contributed by atoms with van der Waals surface area (Å²) in [5, 5.41) is 23.4. The highest BCUT2D eigenvalue weighted by atomic mass is 16.5. The number of carbonyl (C=O) groups excluding carboxylic acids is 2. The van der Waals surface area contributed by atoms with Crippen LogP contribution in [0.15, 0.2) is 104 Å². The van der Waals surface area contributed by atoms with E-state index >= 15 is 0 Å². The van der Waals surface area contributed by atoms with Gasteiger partial charge in [0.05, 0.1) is 12.2 Å². The van der Waals surface area contributed by atoms with Gasteiger partial charge in [0.2, 0.25) is 5.91 Å². The number of aliphatic hydroxyl groups excluding tert-OH is 1. The standard InChI is InChI=1S/C45H51N5O6/c1-5-6-7-8-12-23-56-37-21-19-31(20-22-37)35-26-46-41(47-27-35)33-17-15-30(16-18-33)24-34(25-38(51)36-28-48-44(49-29-36)45(2,3)4)42(53)50-39(43(54)55)40(52)32-13-10-9-11-14-32/h9-11,13-22,26-29,34,39-40,52H,5-8,12,23-25H2,1-4H3,(H,50,53)(H,54,55)/t34-,39?,40?/m1/s1. The first-order chi connectivity index (χ1) is 26.9. The average molecular weight is 758 g/mol. The number of aromatic nitrogens is 4. The Morgan fingerprint density at radius 2 is 1.38 bits per heavy atom. The molecule has 5 aromatic rings. The zero-order chi connectivity index (χ0) is 40.1. The van der Waals surface area contributed by atoms with Crippen molar-refractivity contribution in [3.05, 3.63) is 126 Å². The zero-order valence-corrected chi connectivity index (χ0v) is 32.5. The first kappa shape index (κ1) is 41.4. The molecule has 2 aromatic heterocycles. The van der Waals surface area contributed by atoms with Gasteiger partial charge in [0, 0.05) is 53.7 Å². The second kappa shape index (κ2) is 19.7. The van der Waals surface area contributed by atoms with E-state index in [0.29, 0.717) is 23.8 Å². The predicted molar refractivity (Wildman–Crippen MR) is 215 cm³/mol. The Kier molecular flexibility index (Phi) is 14.5. The Hall–Kier alpha value is -5.81. The van der Waals surface area contributed by atoms with Crippen molar-refractivity contribution in [2.24, 2.45) is 5.92 Å². The van der Waals surface area contributed by atoms with Crippen LogP contribution in [0.1, 0.15) is 99.6 Å². The van der Waals surface area contributed by atoms with Crippen LogP contribution in [0.5, 0.6) is 5.75 Å². The topological polar surface area (TPSA) is 164 Å². The molecule has 0 aliphatic rings. The maximum Gasteiger partial charge on any atom is 0.329 e. The molecule has 3 atom stereocenters. The van der Waals surface area contributed by atoms with Gasteiger partial charge in [-0.3, -0.25) is 9.59 Å². The number of hydrogen-bond acceptors (Lipinski definition) is 9. The van der Waals surface area contributed by atoms with Crippen molar-refractivity contribution >= 4 is 17.7 Å². The third-order valence-electron chi connectivity index (χ3n) is 9.52. The van der Waals surface area contributed by atoms with E-state index in [1.54, 1.807) is 42.7 Å². The van der Waals surface area contributed by atoms with Gasteiger partial charge in [-0.1, -0.05) is 120 Å². The molecule has 2 heterocycles. The van der Waals surface area contributed by atoms with Crippen LogP contribution in [0.2, 0.25) is 0 Å². The smallest absolute Gasteiger partial charge is 0.329 e. The number of nitrogens with one attached hydrogen (secondary N) is 1. The molecule has 0 aliphatic carbocycles. The van der Waals surface area contributed by atoms with Gasteiger partial charge in [-0.05, 0) is 41.7 Å². The normalized spacial score (nSPS) is 13.0. The lowest BCUT2D eigenvalue weighted by Gasteiger charge is -2.24. The fourth-order valence-corrected chi connectivity index (χ4v) is 6.19. The number of carboxylic acid groups (broad SMARTS) is 1. The maximum atomic E-state index is 13.8. The average Bonchev–Trinajstić information content (AvgIpc) is 3.21. The molecule has 1 amide bonds. The Morgan fingerprint density at radius 1 is 0.750 bits per heavy atom. The van der Waals surface area contributed by atoms with Crippen LogP contribution in [0.4, 0.5) is 0 Å². The third-order valence-corrected chi connectivity index (χ3v) is 9.52. The molecule has 5 rings (SSSR count). The monoisotopic (exact) mass is 757 g/mol. The number of carboxylic acids is 1. The van der Waals surface area contributed by atoms with Crippen LogP contribution in [0, 0.1) is 5.92 Å². The predicted octanol–water partition coefficient (Wildman–Crippen LogP) is 7.98. The van der Waals surface area contributed by atoms with E-state index < -0.39 is 29.9 Å². The highest BCUT2D eigenvalue weighted by Gasteiger charge is 2.33. The summed E-state index contributed by atoms with van der Waals surface area (Å²) in [7, 11) is 0. The molecule has 0 radical (unpaired) electrons. The number of benzene rings is 3. The summed E-state index contributed by atoms with van der Waals surface area (Å²) in [6, 6.07) is 21.8. The minimum Gasteiger partial charge on any atom is -0.494 e. The highest BCUT2D eigenvalue weighted by Crippen LogP contribution is 2.26. The minimum atomic E-state index is -1.64. The summed E-state index contributed by atoms with van der Waals surface area (Å²) in [5.74, 6) is -1.51. The lowest BCUT2D eigenvalue weighted by molar-refractivity contribution is -0.146. The van der Waals surface area contributed by atoms with Crippen molar-refractivity contribution in [1.82, 2.24) is 25.3 Å². The third kappa shape index (κ3) is 11.6. The number of ether oxygens (including phenoxy) is 1. The Morgan fingerprint density at radius 3 is 1.98 bits per heavy atom. The summed E-state index contributed by atoms with van der Waals surface area (Å²) < 4.78 is 5.90.